The minimum absolute atomic E-state index is 0.866. The van der Waals surface area contributed by atoms with Crippen LogP contribution in [0.25, 0.3) is 50.0 Å². The van der Waals surface area contributed by atoms with Gasteiger partial charge in [-0.25, -0.2) is 4.57 Å². The van der Waals surface area contributed by atoms with Crippen LogP contribution in [0.2, 0.25) is 0 Å². The molecule has 0 amide bonds. The van der Waals surface area contributed by atoms with Crippen LogP contribution < -0.4 is 4.57 Å². The fourth-order valence-corrected chi connectivity index (χ4v) is 5.50. The van der Waals surface area contributed by atoms with Crippen LogP contribution in [0.4, 0.5) is 0 Å². The van der Waals surface area contributed by atoms with Crippen molar-refractivity contribution in [3.63, 3.8) is 0 Å². The highest BCUT2D eigenvalue weighted by atomic mass is 16.3. The molecule has 0 spiro atoms. The number of hydrogen-bond donors (Lipinski definition) is 0. The average molecular weight is 447 g/mol. The molecular formula is C30H28N3O+. The van der Waals surface area contributed by atoms with Crippen molar-refractivity contribution in [1.29, 1.82) is 0 Å². The number of benzene rings is 3. The largest absolute Gasteiger partial charge is 0.453 e. The molecule has 0 unspecified atom stereocenters. The van der Waals surface area contributed by atoms with Crippen LogP contribution >= 0.6 is 0 Å². The first-order chi connectivity index (χ1) is 16.4. The lowest BCUT2D eigenvalue weighted by molar-refractivity contribution is -0.633. The van der Waals surface area contributed by atoms with E-state index in [2.05, 4.69) is 103 Å². The quantitative estimate of drug-likeness (QED) is 0.270. The van der Waals surface area contributed by atoms with Gasteiger partial charge in [-0.2, -0.15) is 4.57 Å². The molecule has 0 atom stereocenters. The van der Waals surface area contributed by atoms with Gasteiger partial charge in [-0.1, -0.05) is 42.5 Å². The number of fused-ring (bicyclic) bond motifs is 4. The maximum Gasteiger partial charge on any atom is 0.299 e. The number of nitrogens with zero attached hydrogens (tertiary/aromatic N) is 3. The molecule has 0 radical (unpaired) electrons. The van der Waals surface area contributed by atoms with E-state index in [0.717, 1.165) is 44.7 Å². The van der Waals surface area contributed by atoms with Crippen molar-refractivity contribution in [1.82, 2.24) is 9.55 Å². The smallest absolute Gasteiger partial charge is 0.299 e. The standard InChI is InChI=1S/C30H28N3O/c1-17-14-15-22-23-16-20(4)31-21(5)28(23)34-29(22)26(17)30-32(6)24-12-7-8-13-25(24)33(30)27-18(2)10-9-11-19(27)3/h7-16H,1-6H3/q+1. The van der Waals surface area contributed by atoms with Gasteiger partial charge in [0.25, 0.3) is 5.82 Å². The van der Waals surface area contributed by atoms with Gasteiger partial charge < -0.3 is 4.42 Å². The number of imidazole rings is 1. The van der Waals surface area contributed by atoms with Crippen LogP contribution in [0.3, 0.4) is 0 Å². The Morgan fingerprint density at radius 3 is 2.26 bits per heavy atom. The number of para-hydroxylation sites is 3. The summed E-state index contributed by atoms with van der Waals surface area (Å²) in [5.41, 5.74) is 12.1. The molecule has 0 saturated carbocycles. The Morgan fingerprint density at radius 2 is 1.50 bits per heavy atom. The van der Waals surface area contributed by atoms with E-state index < -0.39 is 0 Å². The summed E-state index contributed by atoms with van der Waals surface area (Å²) in [4.78, 5) is 4.66. The van der Waals surface area contributed by atoms with E-state index in [0.29, 0.717) is 0 Å². The number of aromatic nitrogens is 3. The molecule has 34 heavy (non-hydrogen) atoms. The van der Waals surface area contributed by atoms with Crippen LogP contribution in [0, 0.1) is 34.6 Å². The Hall–Kier alpha value is -3.92. The van der Waals surface area contributed by atoms with Gasteiger partial charge in [0, 0.05) is 16.5 Å². The minimum atomic E-state index is 0.866. The monoisotopic (exact) mass is 446 g/mol. The van der Waals surface area contributed by atoms with Gasteiger partial charge in [-0.3, -0.25) is 4.98 Å². The molecule has 0 bridgehead atoms. The summed E-state index contributed by atoms with van der Waals surface area (Å²) in [5.74, 6) is 1.11. The molecule has 3 heterocycles. The van der Waals surface area contributed by atoms with Crippen molar-refractivity contribution in [2.24, 2.45) is 7.05 Å². The maximum absolute atomic E-state index is 6.62. The SMILES string of the molecule is Cc1cc2c(oc3c(-c4n(-c5c(C)cccc5C)c5ccccc5[n+]4C)c(C)ccc32)c(C)n1. The van der Waals surface area contributed by atoms with Crippen LogP contribution in [0.1, 0.15) is 28.1 Å². The van der Waals surface area contributed by atoms with E-state index in [1.54, 1.807) is 0 Å². The van der Waals surface area contributed by atoms with Crippen molar-refractivity contribution in [3.05, 3.63) is 88.7 Å². The van der Waals surface area contributed by atoms with Crippen LogP contribution in [-0.2, 0) is 7.05 Å². The number of furan rings is 1. The third kappa shape index (κ3) is 2.78. The number of hydrogen-bond acceptors (Lipinski definition) is 2. The fourth-order valence-electron chi connectivity index (χ4n) is 5.50. The summed E-state index contributed by atoms with van der Waals surface area (Å²) >= 11 is 0. The Balaban J connectivity index is 1.84. The summed E-state index contributed by atoms with van der Waals surface area (Å²) in [6.07, 6.45) is 0. The van der Waals surface area contributed by atoms with E-state index in [-0.39, 0.29) is 0 Å². The van der Waals surface area contributed by atoms with Gasteiger partial charge in [0.05, 0.1) is 12.7 Å². The summed E-state index contributed by atoms with van der Waals surface area (Å²) in [6.45, 7) is 10.6. The third-order valence-electron chi connectivity index (χ3n) is 7.03. The Bertz CT molecular complexity index is 1750. The molecule has 0 saturated heterocycles. The summed E-state index contributed by atoms with van der Waals surface area (Å²) in [5, 5.41) is 2.25. The highest BCUT2D eigenvalue weighted by Gasteiger charge is 2.31. The average Bonchev–Trinajstić information content (AvgIpc) is 3.30. The molecule has 168 valence electrons. The highest BCUT2D eigenvalue weighted by Crippen LogP contribution is 2.40. The minimum Gasteiger partial charge on any atom is -0.453 e. The second-order valence-electron chi connectivity index (χ2n) is 9.41. The zero-order valence-corrected chi connectivity index (χ0v) is 20.5. The first-order valence-corrected chi connectivity index (χ1v) is 11.7. The predicted molar refractivity (Wildman–Crippen MR) is 139 cm³/mol. The van der Waals surface area contributed by atoms with Crippen molar-refractivity contribution >= 4 is 33.0 Å². The van der Waals surface area contributed by atoms with Gasteiger partial charge in [0.1, 0.15) is 11.3 Å². The number of aryl methyl sites for hydroxylation is 6. The van der Waals surface area contributed by atoms with Crippen molar-refractivity contribution in [3.8, 4) is 17.1 Å². The van der Waals surface area contributed by atoms with Gasteiger partial charge in [0.2, 0.25) is 0 Å². The predicted octanol–water partition coefficient (Wildman–Crippen LogP) is 6.96. The zero-order chi connectivity index (χ0) is 23.7. The first kappa shape index (κ1) is 20.7. The van der Waals surface area contributed by atoms with Gasteiger partial charge in [0.15, 0.2) is 22.2 Å². The second-order valence-corrected chi connectivity index (χ2v) is 9.41. The van der Waals surface area contributed by atoms with E-state index in [1.807, 2.05) is 13.8 Å². The molecule has 0 fully saturated rings. The zero-order valence-electron chi connectivity index (χ0n) is 20.5. The lowest BCUT2D eigenvalue weighted by atomic mass is 10.0. The highest BCUT2D eigenvalue weighted by molar-refractivity contribution is 6.10. The lowest BCUT2D eigenvalue weighted by Crippen LogP contribution is -2.30. The molecule has 0 N–H and O–H groups in total. The molecular weight excluding hydrogens is 418 g/mol. The second kappa shape index (κ2) is 7.29. The van der Waals surface area contributed by atoms with Gasteiger partial charge in [-0.15, -0.1) is 0 Å². The van der Waals surface area contributed by atoms with Crippen molar-refractivity contribution in [2.45, 2.75) is 34.6 Å². The Morgan fingerprint density at radius 1 is 0.765 bits per heavy atom. The molecule has 6 rings (SSSR count). The third-order valence-corrected chi connectivity index (χ3v) is 7.03. The molecule has 4 nitrogen and oxygen atoms in total. The van der Waals surface area contributed by atoms with Crippen molar-refractivity contribution in [2.75, 3.05) is 0 Å². The molecule has 0 aliphatic carbocycles. The van der Waals surface area contributed by atoms with Gasteiger partial charge in [-0.05, 0) is 69.5 Å². The summed E-state index contributed by atoms with van der Waals surface area (Å²) in [6, 6.07) is 21.6. The van der Waals surface area contributed by atoms with Crippen molar-refractivity contribution < 1.29 is 8.98 Å². The Kier molecular flexibility index (Phi) is 4.43. The van der Waals surface area contributed by atoms with E-state index in [1.165, 1.54) is 33.4 Å². The normalized spacial score (nSPS) is 11.8. The summed E-state index contributed by atoms with van der Waals surface area (Å²) < 4.78 is 11.3. The Labute approximate surface area is 199 Å². The molecule has 4 heteroatoms. The van der Waals surface area contributed by atoms with Crippen LogP contribution in [-0.4, -0.2) is 9.55 Å². The van der Waals surface area contributed by atoms with E-state index in [9.17, 15) is 0 Å². The van der Waals surface area contributed by atoms with E-state index in [4.69, 9.17) is 4.42 Å². The summed E-state index contributed by atoms with van der Waals surface area (Å²) in [7, 11) is 2.15. The number of pyridine rings is 1. The molecule has 3 aromatic carbocycles. The molecule has 0 aliphatic rings. The molecule has 3 aromatic heterocycles. The van der Waals surface area contributed by atoms with Crippen LogP contribution in [0.5, 0.6) is 0 Å². The van der Waals surface area contributed by atoms with Crippen LogP contribution in [0.15, 0.2) is 65.1 Å². The fraction of sp³-hybridized carbons (Fsp3) is 0.200. The first-order valence-electron chi connectivity index (χ1n) is 11.7. The van der Waals surface area contributed by atoms with E-state index >= 15 is 0 Å². The maximum atomic E-state index is 6.62. The number of rotatable bonds is 2. The van der Waals surface area contributed by atoms with Gasteiger partial charge >= 0.3 is 0 Å². The lowest BCUT2D eigenvalue weighted by Gasteiger charge is -2.11. The topological polar surface area (TPSA) is 34.8 Å². The molecule has 0 aliphatic heterocycles. The molecule has 6 aromatic rings.